The predicted octanol–water partition coefficient (Wildman–Crippen LogP) is -0.464. The average Bonchev–Trinajstić information content (AvgIpc) is 2.59. The van der Waals surface area contributed by atoms with Crippen molar-refractivity contribution in [2.24, 2.45) is 5.92 Å². The summed E-state index contributed by atoms with van der Waals surface area (Å²) in [6, 6.07) is 0. The van der Waals surface area contributed by atoms with E-state index in [1.54, 1.807) is 0 Å². The summed E-state index contributed by atoms with van der Waals surface area (Å²) in [6.07, 6.45) is 2.12. The second-order valence-corrected chi connectivity index (χ2v) is 6.85. The standard InChI is InChI=1S/C9H17NO3S/c11-9(2-3-10-7-9)5-8-1-4-14(12,13)6-8/h8,10-11H,1-7H2. The molecule has 4 nitrogen and oxygen atoms in total. The first kappa shape index (κ1) is 10.4. The Labute approximate surface area is 84.6 Å². The molecule has 2 atom stereocenters. The van der Waals surface area contributed by atoms with E-state index in [4.69, 9.17) is 0 Å². The Balaban J connectivity index is 1.93. The third kappa shape index (κ3) is 2.27. The topological polar surface area (TPSA) is 66.4 Å². The molecular weight excluding hydrogens is 202 g/mol. The van der Waals surface area contributed by atoms with Crippen molar-refractivity contribution in [2.75, 3.05) is 24.6 Å². The SMILES string of the molecule is O=S1(=O)CCC(CC2(O)CCNC2)C1. The zero-order valence-corrected chi connectivity index (χ0v) is 9.02. The van der Waals surface area contributed by atoms with Crippen molar-refractivity contribution in [1.29, 1.82) is 0 Å². The molecule has 5 heteroatoms. The van der Waals surface area contributed by atoms with Crippen molar-refractivity contribution < 1.29 is 13.5 Å². The molecule has 0 saturated carbocycles. The minimum atomic E-state index is -2.80. The van der Waals surface area contributed by atoms with Gasteiger partial charge in [-0.1, -0.05) is 0 Å². The van der Waals surface area contributed by atoms with E-state index in [1.807, 2.05) is 0 Å². The molecule has 0 bridgehead atoms. The Morgan fingerprint density at radius 3 is 2.79 bits per heavy atom. The minimum Gasteiger partial charge on any atom is -0.389 e. The van der Waals surface area contributed by atoms with Crippen LogP contribution in [0.25, 0.3) is 0 Å². The number of sulfone groups is 1. The van der Waals surface area contributed by atoms with Crippen molar-refractivity contribution in [3.8, 4) is 0 Å². The van der Waals surface area contributed by atoms with E-state index in [9.17, 15) is 13.5 Å². The summed E-state index contributed by atoms with van der Waals surface area (Å²) in [6.45, 7) is 1.46. The van der Waals surface area contributed by atoms with E-state index in [1.165, 1.54) is 0 Å². The van der Waals surface area contributed by atoms with Crippen LogP contribution in [0, 0.1) is 5.92 Å². The number of aliphatic hydroxyl groups is 1. The second kappa shape index (κ2) is 3.47. The van der Waals surface area contributed by atoms with Crippen LogP contribution in [0.2, 0.25) is 0 Å². The molecule has 2 saturated heterocycles. The van der Waals surface area contributed by atoms with Crippen LogP contribution in [0.15, 0.2) is 0 Å². The Morgan fingerprint density at radius 1 is 1.50 bits per heavy atom. The summed E-state index contributed by atoms with van der Waals surface area (Å²) in [5.74, 6) is 0.751. The van der Waals surface area contributed by atoms with Crippen molar-refractivity contribution in [1.82, 2.24) is 5.32 Å². The first-order valence-corrected chi connectivity index (χ1v) is 6.95. The third-order valence-electron chi connectivity index (χ3n) is 3.22. The maximum atomic E-state index is 11.2. The summed E-state index contributed by atoms with van der Waals surface area (Å²) >= 11 is 0. The molecule has 0 aromatic heterocycles. The largest absolute Gasteiger partial charge is 0.389 e. The van der Waals surface area contributed by atoms with Crippen LogP contribution in [-0.2, 0) is 9.84 Å². The average molecular weight is 219 g/mol. The fourth-order valence-corrected chi connectivity index (χ4v) is 4.34. The van der Waals surface area contributed by atoms with Gasteiger partial charge in [-0.3, -0.25) is 0 Å². The summed E-state index contributed by atoms with van der Waals surface area (Å²) in [5.41, 5.74) is -0.648. The van der Waals surface area contributed by atoms with E-state index in [-0.39, 0.29) is 11.7 Å². The van der Waals surface area contributed by atoms with Gasteiger partial charge in [0.2, 0.25) is 0 Å². The molecule has 2 fully saturated rings. The summed E-state index contributed by atoms with van der Waals surface area (Å²) in [4.78, 5) is 0. The molecule has 2 heterocycles. The highest BCUT2D eigenvalue weighted by Crippen LogP contribution is 2.30. The van der Waals surface area contributed by atoms with Crippen LogP contribution in [0.3, 0.4) is 0 Å². The maximum Gasteiger partial charge on any atom is 0.150 e. The normalized spacial score (nSPS) is 41.6. The Kier molecular flexibility index (Phi) is 2.57. The zero-order chi connectivity index (χ0) is 10.2. The van der Waals surface area contributed by atoms with Crippen LogP contribution in [-0.4, -0.2) is 43.7 Å². The molecule has 0 aromatic rings. The summed E-state index contributed by atoms with van der Waals surface area (Å²) < 4.78 is 22.4. The lowest BCUT2D eigenvalue weighted by Gasteiger charge is -2.24. The van der Waals surface area contributed by atoms with Gasteiger partial charge in [-0.15, -0.1) is 0 Å². The van der Waals surface area contributed by atoms with Gasteiger partial charge >= 0.3 is 0 Å². The van der Waals surface area contributed by atoms with Gasteiger partial charge in [-0.2, -0.15) is 0 Å². The van der Waals surface area contributed by atoms with Crippen molar-refractivity contribution in [3.05, 3.63) is 0 Å². The molecule has 0 aliphatic carbocycles. The van der Waals surface area contributed by atoms with E-state index in [2.05, 4.69) is 5.32 Å². The molecule has 0 radical (unpaired) electrons. The number of nitrogens with one attached hydrogen (secondary N) is 1. The smallest absolute Gasteiger partial charge is 0.150 e. The second-order valence-electron chi connectivity index (χ2n) is 4.62. The fourth-order valence-electron chi connectivity index (χ4n) is 2.48. The molecule has 14 heavy (non-hydrogen) atoms. The Bertz CT molecular complexity index is 306. The van der Waals surface area contributed by atoms with Crippen LogP contribution in [0.5, 0.6) is 0 Å². The van der Waals surface area contributed by atoms with E-state index < -0.39 is 15.4 Å². The molecule has 2 N–H and O–H groups in total. The monoisotopic (exact) mass is 219 g/mol. The summed E-state index contributed by atoms with van der Waals surface area (Å²) in [5, 5.41) is 13.2. The lowest BCUT2D eigenvalue weighted by molar-refractivity contribution is 0.0384. The Morgan fingerprint density at radius 2 is 2.29 bits per heavy atom. The third-order valence-corrected chi connectivity index (χ3v) is 5.05. The van der Waals surface area contributed by atoms with Gasteiger partial charge in [0.1, 0.15) is 0 Å². The Hall–Kier alpha value is -0.130. The zero-order valence-electron chi connectivity index (χ0n) is 8.20. The van der Waals surface area contributed by atoms with Gasteiger partial charge in [0.05, 0.1) is 17.1 Å². The van der Waals surface area contributed by atoms with Crippen LogP contribution < -0.4 is 5.32 Å². The molecule has 2 aliphatic rings. The highest BCUT2D eigenvalue weighted by Gasteiger charge is 2.37. The van der Waals surface area contributed by atoms with Gasteiger partial charge < -0.3 is 10.4 Å². The molecule has 2 rings (SSSR count). The van der Waals surface area contributed by atoms with E-state index >= 15 is 0 Å². The van der Waals surface area contributed by atoms with Crippen molar-refractivity contribution in [3.63, 3.8) is 0 Å². The van der Waals surface area contributed by atoms with Gasteiger partial charge in [-0.25, -0.2) is 8.42 Å². The van der Waals surface area contributed by atoms with Crippen molar-refractivity contribution >= 4 is 9.84 Å². The number of hydrogen-bond acceptors (Lipinski definition) is 4. The number of rotatable bonds is 2. The highest BCUT2D eigenvalue weighted by molar-refractivity contribution is 7.91. The quantitative estimate of drug-likeness (QED) is 0.659. The summed E-state index contributed by atoms with van der Waals surface area (Å²) in [7, 11) is -2.80. The van der Waals surface area contributed by atoms with E-state index in [0.29, 0.717) is 18.7 Å². The fraction of sp³-hybridized carbons (Fsp3) is 1.00. The van der Waals surface area contributed by atoms with Gasteiger partial charge in [0.25, 0.3) is 0 Å². The maximum absolute atomic E-state index is 11.2. The molecule has 82 valence electrons. The van der Waals surface area contributed by atoms with E-state index in [0.717, 1.165) is 19.4 Å². The molecule has 0 aromatic carbocycles. The van der Waals surface area contributed by atoms with Crippen molar-refractivity contribution in [2.45, 2.75) is 24.9 Å². The lowest BCUT2D eigenvalue weighted by atomic mass is 9.89. The molecule has 2 aliphatic heterocycles. The van der Waals surface area contributed by atoms with Gasteiger partial charge in [0, 0.05) is 6.54 Å². The minimum absolute atomic E-state index is 0.171. The highest BCUT2D eigenvalue weighted by atomic mass is 32.2. The van der Waals surface area contributed by atoms with Crippen LogP contribution in [0.1, 0.15) is 19.3 Å². The predicted molar refractivity (Wildman–Crippen MR) is 53.8 cm³/mol. The lowest BCUT2D eigenvalue weighted by Crippen LogP contribution is -2.34. The molecule has 0 amide bonds. The van der Waals surface area contributed by atoms with Crippen LogP contribution >= 0.6 is 0 Å². The molecular formula is C9H17NO3S. The van der Waals surface area contributed by atoms with Gasteiger partial charge in [-0.05, 0) is 31.7 Å². The van der Waals surface area contributed by atoms with Gasteiger partial charge in [0.15, 0.2) is 9.84 Å². The molecule has 2 unspecified atom stereocenters. The number of hydrogen-bond donors (Lipinski definition) is 2. The van der Waals surface area contributed by atoms with Crippen LogP contribution in [0.4, 0.5) is 0 Å². The first-order valence-electron chi connectivity index (χ1n) is 5.13. The first-order chi connectivity index (χ1) is 6.49. The molecule has 0 spiro atoms. The number of β-amino-alcohol motifs (C(OH)–C–C–N with tert-alkyl or cyclic N) is 1.